The Morgan fingerprint density at radius 3 is 2.61 bits per heavy atom. The highest BCUT2D eigenvalue weighted by molar-refractivity contribution is 5.95. The summed E-state index contributed by atoms with van der Waals surface area (Å²) in [5.74, 6) is 0.827. The van der Waals surface area contributed by atoms with Crippen molar-refractivity contribution in [3.05, 3.63) is 29.8 Å². The fraction of sp³-hybridized carbons (Fsp3) is 0.529. The van der Waals surface area contributed by atoms with Crippen LogP contribution >= 0.6 is 0 Å². The second-order valence-corrected chi connectivity index (χ2v) is 5.93. The summed E-state index contributed by atoms with van der Waals surface area (Å²) in [6, 6.07) is 7.22. The van der Waals surface area contributed by atoms with Gasteiger partial charge in [-0.05, 0) is 30.7 Å². The van der Waals surface area contributed by atoms with Crippen molar-refractivity contribution in [2.24, 2.45) is 0 Å². The van der Waals surface area contributed by atoms with Gasteiger partial charge in [-0.15, -0.1) is 0 Å². The largest absolute Gasteiger partial charge is 0.497 e. The quantitative estimate of drug-likeness (QED) is 0.817. The van der Waals surface area contributed by atoms with Gasteiger partial charge in [-0.3, -0.25) is 9.59 Å². The lowest BCUT2D eigenvalue weighted by molar-refractivity contribution is -0.129. The van der Waals surface area contributed by atoms with E-state index in [2.05, 4.69) is 0 Å². The first-order valence-corrected chi connectivity index (χ1v) is 7.89. The number of likely N-dealkylation sites (tertiary alicyclic amines) is 2. The van der Waals surface area contributed by atoms with E-state index >= 15 is 0 Å². The average molecular weight is 318 g/mol. The lowest BCUT2D eigenvalue weighted by Gasteiger charge is -2.25. The summed E-state index contributed by atoms with van der Waals surface area (Å²) in [5, 5.41) is 0. The van der Waals surface area contributed by atoms with Crippen molar-refractivity contribution in [1.29, 1.82) is 0 Å². The van der Waals surface area contributed by atoms with Gasteiger partial charge in [0.2, 0.25) is 5.91 Å². The molecule has 0 N–H and O–H groups in total. The molecule has 2 amide bonds. The monoisotopic (exact) mass is 318 g/mol. The molecule has 0 unspecified atom stereocenters. The molecule has 2 aliphatic rings. The minimum Gasteiger partial charge on any atom is -0.497 e. The average Bonchev–Trinajstić information content (AvgIpc) is 3.11. The van der Waals surface area contributed by atoms with Crippen LogP contribution in [0.5, 0.6) is 5.75 Å². The number of fused-ring (bicyclic) bond motifs is 1. The molecule has 2 atom stereocenters. The van der Waals surface area contributed by atoms with Crippen molar-refractivity contribution in [3.8, 4) is 5.75 Å². The Hall–Kier alpha value is -2.08. The van der Waals surface area contributed by atoms with E-state index in [1.165, 1.54) is 0 Å². The third kappa shape index (κ3) is 2.91. The van der Waals surface area contributed by atoms with Crippen LogP contribution in [0.4, 0.5) is 0 Å². The molecule has 1 aromatic carbocycles. The number of ether oxygens (including phenoxy) is 2. The predicted octanol–water partition coefficient (Wildman–Crippen LogP) is 1.16. The lowest BCUT2D eigenvalue weighted by Crippen LogP contribution is -2.40. The zero-order valence-corrected chi connectivity index (χ0v) is 13.5. The van der Waals surface area contributed by atoms with E-state index < -0.39 is 0 Å². The van der Waals surface area contributed by atoms with E-state index in [-0.39, 0.29) is 23.9 Å². The number of rotatable bonds is 5. The predicted molar refractivity (Wildman–Crippen MR) is 84.4 cm³/mol. The number of benzene rings is 1. The molecule has 2 saturated heterocycles. The number of carbonyl (C=O) groups is 2. The second-order valence-electron chi connectivity index (χ2n) is 5.93. The van der Waals surface area contributed by atoms with Crippen molar-refractivity contribution < 1.29 is 19.1 Å². The highest BCUT2D eigenvalue weighted by Gasteiger charge is 2.48. The van der Waals surface area contributed by atoms with Crippen LogP contribution in [0.15, 0.2) is 24.3 Å². The first-order chi connectivity index (χ1) is 11.2. The molecule has 0 bridgehead atoms. The highest BCUT2D eigenvalue weighted by atomic mass is 16.5. The third-order valence-corrected chi connectivity index (χ3v) is 4.75. The molecule has 0 aliphatic carbocycles. The van der Waals surface area contributed by atoms with Crippen LogP contribution in [0.1, 0.15) is 23.2 Å². The van der Waals surface area contributed by atoms with E-state index in [0.717, 1.165) is 12.2 Å². The van der Waals surface area contributed by atoms with Gasteiger partial charge < -0.3 is 19.3 Å². The van der Waals surface area contributed by atoms with Crippen LogP contribution in [0.2, 0.25) is 0 Å². The number of methoxy groups -OCH3 is 2. The molecule has 6 heteroatoms. The van der Waals surface area contributed by atoms with E-state index in [1.54, 1.807) is 38.5 Å². The molecule has 6 nitrogen and oxygen atoms in total. The van der Waals surface area contributed by atoms with Gasteiger partial charge in [0.25, 0.3) is 5.91 Å². The number of amides is 2. The van der Waals surface area contributed by atoms with Crippen molar-refractivity contribution in [2.75, 3.05) is 33.9 Å². The van der Waals surface area contributed by atoms with Crippen molar-refractivity contribution in [3.63, 3.8) is 0 Å². The Bertz CT molecular complexity index is 587. The Labute approximate surface area is 136 Å². The maximum Gasteiger partial charge on any atom is 0.254 e. The van der Waals surface area contributed by atoms with Gasteiger partial charge in [-0.25, -0.2) is 0 Å². The minimum absolute atomic E-state index is 0.0125. The van der Waals surface area contributed by atoms with E-state index in [9.17, 15) is 9.59 Å². The van der Waals surface area contributed by atoms with Crippen LogP contribution in [-0.4, -0.2) is 67.6 Å². The molecule has 1 aromatic rings. The Morgan fingerprint density at radius 2 is 1.96 bits per heavy atom. The molecule has 0 radical (unpaired) electrons. The van der Waals surface area contributed by atoms with Gasteiger partial charge in [0, 0.05) is 32.2 Å². The van der Waals surface area contributed by atoms with Gasteiger partial charge in [-0.2, -0.15) is 0 Å². The third-order valence-electron chi connectivity index (χ3n) is 4.75. The topological polar surface area (TPSA) is 59.1 Å². The SMILES string of the molecule is COCCN1C(=O)C[C@H]2[C@H]1CCN2C(=O)c1ccc(OC)cc1. The number of hydrogen-bond donors (Lipinski definition) is 0. The molecule has 23 heavy (non-hydrogen) atoms. The summed E-state index contributed by atoms with van der Waals surface area (Å²) in [4.78, 5) is 28.7. The molecule has 2 heterocycles. The maximum absolute atomic E-state index is 12.7. The molecule has 0 aromatic heterocycles. The zero-order chi connectivity index (χ0) is 16.4. The normalized spacial score (nSPS) is 23.3. The van der Waals surface area contributed by atoms with Crippen molar-refractivity contribution in [2.45, 2.75) is 24.9 Å². The van der Waals surface area contributed by atoms with Gasteiger partial charge in [-0.1, -0.05) is 0 Å². The molecule has 124 valence electrons. The molecular formula is C17H22N2O4. The first-order valence-electron chi connectivity index (χ1n) is 7.89. The Kier molecular flexibility index (Phi) is 4.52. The highest BCUT2D eigenvalue weighted by Crippen LogP contribution is 2.33. The summed E-state index contributed by atoms with van der Waals surface area (Å²) in [7, 11) is 3.23. The van der Waals surface area contributed by atoms with E-state index in [1.807, 2.05) is 9.80 Å². The van der Waals surface area contributed by atoms with Crippen LogP contribution in [0.3, 0.4) is 0 Å². The molecule has 2 fully saturated rings. The Morgan fingerprint density at radius 1 is 1.22 bits per heavy atom. The van der Waals surface area contributed by atoms with Gasteiger partial charge in [0.05, 0.1) is 25.8 Å². The molecule has 2 aliphatic heterocycles. The minimum atomic E-state index is -0.0195. The fourth-order valence-electron chi connectivity index (χ4n) is 3.56. The van der Waals surface area contributed by atoms with Crippen LogP contribution in [0.25, 0.3) is 0 Å². The van der Waals surface area contributed by atoms with Gasteiger partial charge >= 0.3 is 0 Å². The second kappa shape index (κ2) is 6.58. The van der Waals surface area contributed by atoms with E-state index in [4.69, 9.17) is 9.47 Å². The molecule has 0 spiro atoms. The number of nitrogens with zero attached hydrogens (tertiary/aromatic N) is 2. The van der Waals surface area contributed by atoms with Crippen LogP contribution in [-0.2, 0) is 9.53 Å². The summed E-state index contributed by atoms with van der Waals surface area (Å²) in [5.41, 5.74) is 0.634. The first kappa shape index (κ1) is 15.8. The zero-order valence-electron chi connectivity index (χ0n) is 13.5. The molecule has 0 saturated carbocycles. The number of hydrogen-bond acceptors (Lipinski definition) is 4. The van der Waals surface area contributed by atoms with E-state index in [0.29, 0.717) is 31.7 Å². The van der Waals surface area contributed by atoms with Crippen molar-refractivity contribution >= 4 is 11.8 Å². The van der Waals surface area contributed by atoms with Crippen LogP contribution < -0.4 is 4.74 Å². The molecular weight excluding hydrogens is 296 g/mol. The molecule has 3 rings (SSSR count). The fourth-order valence-corrected chi connectivity index (χ4v) is 3.56. The van der Waals surface area contributed by atoms with Crippen molar-refractivity contribution in [1.82, 2.24) is 9.80 Å². The van der Waals surface area contributed by atoms with Crippen LogP contribution in [0, 0.1) is 0 Å². The summed E-state index contributed by atoms with van der Waals surface area (Å²) >= 11 is 0. The summed E-state index contributed by atoms with van der Waals surface area (Å²) in [6.45, 7) is 1.82. The van der Waals surface area contributed by atoms with Gasteiger partial charge in [0.15, 0.2) is 0 Å². The summed E-state index contributed by atoms with van der Waals surface area (Å²) < 4.78 is 10.2. The number of carbonyl (C=O) groups excluding carboxylic acids is 2. The summed E-state index contributed by atoms with van der Waals surface area (Å²) in [6.07, 6.45) is 1.25. The standard InChI is InChI=1S/C17H22N2O4/c1-22-10-9-18-14-7-8-19(15(14)11-16(18)20)17(21)12-3-5-13(23-2)6-4-12/h3-6,14-15H,7-11H2,1-2H3/t14-,15+/m1/s1. The van der Waals surface area contributed by atoms with Gasteiger partial charge in [0.1, 0.15) is 5.75 Å². The maximum atomic E-state index is 12.7. The smallest absolute Gasteiger partial charge is 0.254 e. The lowest BCUT2D eigenvalue weighted by atomic mass is 10.1. The Balaban J connectivity index is 1.72.